The third-order valence-corrected chi connectivity index (χ3v) is 6.16. The van der Waals surface area contributed by atoms with Crippen LogP contribution >= 0.6 is 24.0 Å². The molecule has 1 atom stereocenters. The van der Waals surface area contributed by atoms with Crippen molar-refractivity contribution in [1.82, 2.24) is 15.4 Å². The van der Waals surface area contributed by atoms with Gasteiger partial charge in [0.15, 0.2) is 5.96 Å². The Balaban J connectivity index is 0.00000480. The summed E-state index contributed by atoms with van der Waals surface area (Å²) in [6.45, 7) is 6.27. The Kier molecular flexibility index (Phi) is 12.1. The number of hydrogen-bond donors (Lipinski definition) is 3. The van der Waals surface area contributed by atoms with Gasteiger partial charge in [-0.2, -0.15) is 0 Å². The Morgan fingerprint density at radius 3 is 2.19 bits per heavy atom. The summed E-state index contributed by atoms with van der Waals surface area (Å²) in [4.78, 5) is 4.31. The molecule has 2 aromatic rings. The normalized spacial score (nSPS) is 12.9. The maximum Gasteiger partial charge on any atom is 0.216 e. The lowest BCUT2D eigenvalue weighted by atomic mass is 10.1. The van der Waals surface area contributed by atoms with Crippen LogP contribution in [0.5, 0.6) is 0 Å². The van der Waals surface area contributed by atoms with Gasteiger partial charge in [0, 0.05) is 25.7 Å². The fraction of sp³-hybridized carbons (Fsp3) is 0.435. The van der Waals surface area contributed by atoms with Gasteiger partial charge in [0.2, 0.25) is 10.0 Å². The summed E-state index contributed by atoms with van der Waals surface area (Å²) in [6.07, 6.45) is 1.98. The highest BCUT2D eigenvalue weighted by Gasteiger charge is 2.15. The standard InChI is InChI=1S/C23H34N4O2S.HI/c1-18(2)27-30(28,29)17-22-13-9-8-12-21(22)16-25-23(24-4)26-19(3)14-15-20-10-6-5-7-11-20;/h5-13,18-19,27H,14-17H2,1-4H3,(H2,24,25,26);1H. The van der Waals surface area contributed by atoms with E-state index in [4.69, 9.17) is 0 Å². The third-order valence-electron chi connectivity index (χ3n) is 4.64. The first-order valence-corrected chi connectivity index (χ1v) is 12.0. The Morgan fingerprint density at radius 2 is 1.58 bits per heavy atom. The Hall–Kier alpha value is -1.65. The van der Waals surface area contributed by atoms with Gasteiger partial charge in [0.1, 0.15) is 0 Å². The molecule has 0 heterocycles. The number of aryl methyl sites for hydroxylation is 1. The lowest BCUT2D eigenvalue weighted by Crippen LogP contribution is -2.42. The molecule has 31 heavy (non-hydrogen) atoms. The smallest absolute Gasteiger partial charge is 0.216 e. The van der Waals surface area contributed by atoms with Crippen LogP contribution in [0.2, 0.25) is 0 Å². The van der Waals surface area contributed by atoms with Crippen LogP contribution in [0.3, 0.4) is 0 Å². The van der Waals surface area contributed by atoms with E-state index in [1.807, 2.05) is 44.2 Å². The molecule has 0 amide bonds. The zero-order valence-corrected chi connectivity index (χ0v) is 21.9. The zero-order chi connectivity index (χ0) is 22.0. The van der Waals surface area contributed by atoms with E-state index in [-0.39, 0.29) is 41.8 Å². The molecule has 0 spiro atoms. The molecular formula is C23H35IN4O2S. The van der Waals surface area contributed by atoms with E-state index in [9.17, 15) is 8.42 Å². The molecule has 2 aromatic carbocycles. The maximum absolute atomic E-state index is 12.3. The molecule has 0 aromatic heterocycles. The number of aliphatic imine (C=N–C) groups is 1. The van der Waals surface area contributed by atoms with E-state index in [0.29, 0.717) is 12.5 Å². The van der Waals surface area contributed by atoms with Crippen LogP contribution in [0, 0.1) is 0 Å². The molecule has 0 saturated heterocycles. The Labute approximate surface area is 204 Å². The van der Waals surface area contributed by atoms with Crippen molar-refractivity contribution in [3.8, 4) is 0 Å². The van der Waals surface area contributed by atoms with Crippen molar-refractivity contribution in [2.24, 2.45) is 4.99 Å². The average Bonchev–Trinajstić information content (AvgIpc) is 2.70. The second-order valence-corrected chi connectivity index (χ2v) is 9.55. The maximum atomic E-state index is 12.3. The van der Waals surface area contributed by atoms with Crippen molar-refractivity contribution in [3.63, 3.8) is 0 Å². The van der Waals surface area contributed by atoms with Crippen LogP contribution in [0.25, 0.3) is 0 Å². The first kappa shape index (κ1) is 27.4. The second kappa shape index (κ2) is 13.7. The molecule has 0 aliphatic rings. The molecule has 1 unspecified atom stereocenters. The molecule has 172 valence electrons. The van der Waals surface area contributed by atoms with Gasteiger partial charge in [-0.1, -0.05) is 54.6 Å². The lowest BCUT2D eigenvalue weighted by Gasteiger charge is -2.19. The quantitative estimate of drug-likeness (QED) is 0.235. The van der Waals surface area contributed by atoms with Crippen molar-refractivity contribution in [2.75, 3.05) is 7.05 Å². The number of benzene rings is 2. The number of nitrogens with one attached hydrogen (secondary N) is 3. The third kappa shape index (κ3) is 10.5. The van der Waals surface area contributed by atoms with Crippen LogP contribution in [0.1, 0.15) is 43.9 Å². The molecule has 0 radical (unpaired) electrons. The first-order chi connectivity index (χ1) is 14.3. The lowest BCUT2D eigenvalue weighted by molar-refractivity contribution is 0.568. The van der Waals surface area contributed by atoms with Crippen LogP contribution in [-0.2, 0) is 28.7 Å². The molecule has 0 bridgehead atoms. The highest BCUT2D eigenvalue weighted by atomic mass is 127. The van der Waals surface area contributed by atoms with Crippen LogP contribution in [-0.4, -0.2) is 33.5 Å². The summed E-state index contributed by atoms with van der Waals surface area (Å²) in [6, 6.07) is 18.1. The predicted octanol–water partition coefficient (Wildman–Crippen LogP) is 3.82. The summed E-state index contributed by atoms with van der Waals surface area (Å²) in [5.74, 6) is 0.663. The summed E-state index contributed by atoms with van der Waals surface area (Å²) >= 11 is 0. The molecule has 3 N–H and O–H groups in total. The number of sulfonamides is 1. The largest absolute Gasteiger partial charge is 0.354 e. The molecule has 6 nitrogen and oxygen atoms in total. The van der Waals surface area contributed by atoms with Gasteiger partial charge < -0.3 is 10.6 Å². The molecule has 0 aliphatic carbocycles. The first-order valence-electron chi connectivity index (χ1n) is 10.4. The minimum absolute atomic E-state index is 0. The molecule has 2 rings (SSSR count). The van der Waals surface area contributed by atoms with Crippen molar-refractivity contribution < 1.29 is 8.42 Å². The molecule has 0 aliphatic heterocycles. The summed E-state index contributed by atoms with van der Waals surface area (Å²) in [7, 11) is -1.64. The fourth-order valence-electron chi connectivity index (χ4n) is 3.18. The molecule has 0 fully saturated rings. The number of halogens is 1. The van der Waals surface area contributed by atoms with E-state index in [1.165, 1.54) is 5.56 Å². The van der Waals surface area contributed by atoms with Gasteiger partial charge in [-0.15, -0.1) is 24.0 Å². The minimum atomic E-state index is -3.38. The van der Waals surface area contributed by atoms with E-state index in [2.05, 4.69) is 51.5 Å². The number of nitrogens with zero attached hydrogens (tertiary/aromatic N) is 1. The number of rotatable bonds is 10. The second-order valence-electron chi connectivity index (χ2n) is 7.80. The van der Waals surface area contributed by atoms with E-state index >= 15 is 0 Å². The van der Waals surface area contributed by atoms with Crippen molar-refractivity contribution in [2.45, 2.75) is 58.0 Å². The van der Waals surface area contributed by atoms with Crippen molar-refractivity contribution in [3.05, 3.63) is 71.3 Å². The van der Waals surface area contributed by atoms with E-state index in [1.54, 1.807) is 7.05 Å². The van der Waals surface area contributed by atoms with Crippen molar-refractivity contribution >= 4 is 40.0 Å². The Morgan fingerprint density at radius 1 is 0.968 bits per heavy atom. The predicted molar refractivity (Wildman–Crippen MR) is 140 cm³/mol. The van der Waals surface area contributed by atoms with Gasteiger partial charge in [-0.05, 0) is 50.3 Å². The SMILES string of the molecule is CN=C(NCc1ccccc1CS(=O)(=O)NC(C)C)NC(C)CCc1ccccc1.I. The molecule has 0 saturated carbocycles. The van der Waals surface area contributed by atoms with E-state index < -0.39 is 10.0 Å². The van der Waals surface area contributed by atoms with Gasteiger partial charge in [-0.3, -0.25) is 4.99 Å². The van der Waals surface area contributed by atoms with Crippen LogP contribution in [0.15, 0.2) is 59.6 Å². The summed E-state index contributed by atoms with van der Waals surface area (Å²) in [5, 5.41) is 6.71. The van der Waals surface area contributed by atoms with Crippen LogP contribution < -0.4 is 15.4 Å². The number of guanidine groups is 1. The van der Waals surface area contributed by atoms with Gasteiger partial charge in [0.25, 0.3) is 0 Å². The highest BCUT2D eigenvalue weighted by molar-refractivity contribution is 14.0. The zero-order valence-electron chi connectivity index (χ0n) is 18.8. The molecule has 8 heteroatoms. The highest BCUT2D eigenvalue weighted by Crippen LogP contribution is 2.12. The summed E-state index contributed by atoms with van der Waals surface area (Å²) < 4.78 is 27.3. The fourth-order valence-corrected chi connectivity index (χ4v) is 4.68. The summed E-state index contributed by atoms with van der Waals surface area (Å²) in [5.41, 5.74) is 3.04. The topological polar surface area (TPSA) is 82.6 Å². The minimum Gasteiger partial charge on any atom is -0.354 e. The average molecular weight is 559 g/mol. The molecular weight excluding hydrogens is 523 g/mol. The Bertz CT molecular complexity index is 918. The van der Waals surface area contributed by atoms with Gasteiger partial charge in [0.05, 0.1) is 5.75 Å². The monoisotopic (exact) mass is 558 g/mol. The van der Waals surface area contributed by atoms with Gasteiger partial charge in [-0.25, -0.2) is 13.1 Å². The van der Waals surface area contributed by atoms with Gasteiger partial charge >= 0.3 is 0 Å². The number of hydrogen-bond acceptors (Lipinski definition) is 3. The van der Waals surface area contributed by atoms with Crippen LogP contribution in [0.4, 0.5) is 0 Å². The van der Waals surface area contributed by atoms with E-state index in [0.717, 1.165) is 24.0 Å². The van der Waals surface area contributed by atoms with Crippen molar-refractivity contribution in [1.29, 1.82) is 0 Å².